The topological polar surface area (TPSA) is 38.0 Å². The van der Waals surface area contributed by atoms with Crippen molar-refractivity contribution >= 4 is 11.6 Å². The molecule has 3 rings (SSSR count). The summed E-state index contributed by atoms with van der Waals surface area (Å²) in [6.45, 7) is 1.41. The summed E-state index contributed by atoms with van der Waals surface area (Å²) in [4.78, 5) is 0. The first-order chi connectivity index (χ1) is 12.2. The minimum atomic E-state index is 0.245. The van der Waals surface area contributed by atoms with E-state index in [1.54, 1.807) is 0 Å². The molecule has 2 nitrogen and oxygen atoms in total. The maximum atomic E-state index is 5.94. The van der Waals surface area contributed by atoms with Gasteiger partial charge in [-0.2, -0.15) is 0 Å². The number of nitrogens with two attached hydrogens (primary N) is 1. The molecule has 3 heteroatoms. The molecular formula is C22H23ClN2. The number of rotatable bonds is 7. The molecule has 3 N–H and O–H groups in total. The molecule has 25 heavy (non-hydrogen) atoms. The monoisotopic (exact) mass is 350 g/mol. The van der Waals surface area contributed by atoms with Gasteiger partial charge in [-0.1, -0.05) is 78.3 Å². The Morgan fingerprint density at radius 1 is 0.760 bits per heavy atom. The minimum Gasteiger partial charge on any atom is -0.329 e. The third-order valence-corrected chi connectivity index (χ3v) is 4.59. The smallest absolute Gasteiger partial charge is 0.0406 e. The predicted molar refractivity (Wildman–Crippen MR) is 107 cm³/mol. The summed E-state index contributed by atoms with van der Waals surface area (Å²) in [5.74, 6) is 0. The van der Waals surface area contributed by atoms with E-state index in [1.807, 2.05) is 18.2 Å². The fraction of sp³-hybridized carbons (Fsp3) is 0.182. The van der Waals surface area contributed by atoms with Crippen LogP contribution >= 0.6 is 11.6 Å². The van der Waals surface area contributed by atoms with Crippen molar-refractivity contribution in [3.05, 3.63) is 95.0 Å². The lowest BCUT2D eigenvalue weighted by molar-refractivity contribution is 0.515. The van der Waals surface area contributed by atoms with E-state index in [0.29, 0.717) is 6.54 Å². The third kappa shape index (κ3) is 5.17. The highest BCUT2D eigenvalue weighted by Gasteiger charge is 2.07. The largest absolute Gasteiger partial charge is 0.329 e. The summed E-state index contributed by atoms with van der Waals surface area (Å²) in [5.41, 5.74) is 10.9. The number of hydrogen-bond donors (Lipinski definition) is 2. The maximum absolute atomic E-state index is 5.94. The average molecular weight is 351 g/mol. The number of halogens is 1. The molecule has 0 radical (unpaired) electrons. The lowest BCUT2D eigenvalue weighted by Crippen LogP contribution is -2.37. The Bertz CT molecular complexity index is 767. The average Bonchev–Trinajstić information content (AvgIpc) is 2.68. The van der Waals surface area contributed by atoms with E-state index in [9.17, 15) is 0 Å². The molecule has 0 aliphatic rings. The summed E-state index contributed by atoms with van der Waals surface area (Å²) < 4.78 is 0. The Balaban J connectivity index is 1.57. The van der Waals surface area contributed by atoms with Gasteiger partial charge in [-0.25, -0.2) is 0 Å². The molecule has 0 saturated heterocycles. The Labute approximate surface area is 154 Å². The Hall–Kier alpha value is -2.13. The maximum Gasteiger partial charge on any atom is 0.0406 e. The van der Waals surface area contributed by atoms with E-state index in [0.717, 1.165) is 18.0 Å². The van der Waals surface area contributed by atoms with E-state index in [2.05, 4.69) is 66.0 Å². The fourth-order valence-corrected chi connectivity index (χ4v) is 2.98. The highest BCUT2D eigenvalue weighted by Crippen LogP contribution is 2.19. The molecule has 0 heterocycles. The van der Waals surface area contributed by atoms with E-state index in [-0.39, 0.29) is 6.04 Å². The second-order valence-electron chi connectivity index (χ2n) is 6.21. The minimum absolute atomic E-state index is 0.245. The number of nitrogens with one attached hydrogen (secondary N) is 1. The van der Waals surface area contributed by atoms with Crippen LogP contribution in [0.3, 0.4) is 0 Å². The van der Waals surface area contributed by atoms with Gasteiger partial charge in [0.1, 0.15) is 0 Å². The summed E-state index contributed by atoms with van der Waals surface area (Å²) in [7, 11) is 0. The van der Waals surface area contributed by atoms with E-state index in [1.165, 1.54) is 22.3 Å². The molecule has 3 aromatic carbocycles. The molecule has 1 atom stereocenters. The van der Waals surface area contributed by atoms with Gasteiger partial charge < -0.3 is 11.1 Å². The Morgan fingerprint density at radius 2 is 1.36 bits per heavy atom. The zero-order valence-electron chi connectivity index (χ0n) is 14.2. The fourth-order valence-electron chi connectivity index (χ4n) is 2.85. The highest BCUT2D eigenvalue weighted by atomic mass is 35.5. The van der Waals surface area contributed by atoms with Crippen molar-refractivity contribution < 1.29 is 0 Å². The van der Waals surface area contributed by atoms with Crippen molar-refractivity contribution in [3.63, 3.8) is 0 Å². The van der Waals surface area contributed by atoms with Gasteiger partial charge in [0, 0.05) is 24.2 Å². The van der Waals surface area contributed by atoms with Crippen LogP contribution < -0.4 is 11.1 Å². The van der Waals surface area contributed by atoms with Gasteiger partial charge >= 0.3 is 0 Å². The van der Waals surface area contributed by atoms with Gasteiger partial charge in [0.15, 0.2) is 0 Å². The third-order valence-electron chi connectivity index (χ3n) is 4.34. The molecule has 0 aromatic heterocycles. The van der Waals surface area contributed by atoms with Crippen molar-refractivity contribution in [1.82, 2.24) is 5.32 Å². The number of benzene rings is 3. The lowest BCUT2D eigenvalue weighted by Gasteiger charge is -2.17. The first-order valence-corrected chi connectivity index (χ1v) is 8.94. The molecule has 3 aromatic rings. The summed E-state index contributed by atoms with van der Waals surface area (Å²) >= 11 is 5.94. The number of hydrogen-bond acceptors (Lipinski definition) is 2. The SMILES string of the molecule is NCC(Cc1ccc(Cl)cc1)NCc1ccc(-c2ccccc2)cc1. The van der Waals surface area contributed by atoms with Gasteiger partial charge in [0.2, 0.25) is 0 Å². The van der Waals surface area contributed by atoms with Crippen LogP contribution in [0.5, 0.6) is 0 Å². The zero-order valence-corrected chi connectivity index (χ0v) is 14.9. The second kappa shape index (κ2) is 8.82. The van der Waals surface area contributed by atoms with Gasteiger partial charge in [0.05, 0.1) is 0 Å². The van der Waals surface area contributed by atoms with Crippen molar-refractivity contribution in [2.24, 2.45) is 5.73 Å². The summed E-state index contributed by atoms with van der Waals surface area (Å²) in [6, 6.07) is 27.3. The zero-order chi connectivity index (χ0) is 17.5. The van der Waals surface area contributed by atoms with Crippen LogP contribution in [-0.4, -0.2) is 12.6 Å². The Morgan fingerprint density at radius 3 is 2.00 bits per heavy atom. The van der Waals surface area contributed by atoms with Gasteiger partial charge in [0.25, 0.3) is 0 Å². The predicted octanol–water partition coefficient (Wildman–Crippen LogP) is 4.67. The van der Waals surface area contributed by atoms with E-state index < -0.39 is 0 Å². The van der Waals surface area contributed by atoms with Crippen LogP contribution in [0.4, 0.5) is 0 Å². The standard InChI is InChI=1S/C22H23ClN2/c23-21-12-8-17(9-13-21)14-22(15-24)25-16-18-6-10-20(11-7-18)19-4-2-1-3-5-19/h1-13,22,25H,14-16,24H2. The summed E-state index contributed by atoms with van der Waals surface area (Å²) in [6.07, 6.45) is 0.899. The van der Waals surface area contributed by atoms with Crippen molar-refractivity contribution in [2.45, 2.75) is 19.0 Å². The summed E-state index contributed by atoms with van der Waals surface area (Å²) in [5, 5.41) is 4.31. The highest BCUT2D eigenvalue weighted by molar-refractivity contribution is 6.30. The molecule has 0 aliphatic heterocycles. The van der Waals surface area contributed by atoms with Crippen molar-refractivity contribution in [3.8, 4) is 11.1 Å². The molecular weight excluding hydrogens is 328 g/mol. The van der Waals surface area contributed by atoms with Crippen molar-refractivity contribution in [1.29, 1.82) is 0 Å². The quantitative estimate of drug-likeness (QED) is 0.650. The van der Waals surface area contributed by atoms with Gasteiger partial charge in [-0.05, 0) is 40.8 Å². The van der Waals surface area contributed by atoms with E-state index in [4.69, 9.17) is 17.3 Å². The lowest BCUT2D eigenvalue weighted by atomic mass is 10.0. The molecule has 0 aliphatic carbocycles. The second-order valence-corrected chi connectivity index (χ2v) is 6.64. The molecule has 0 amide bonds. The van der Waals surface area contributed by atoms with Crippen LogP contribution in [-0.2, 0) is 13.0 Å². The normalized spacial score (nSPS) is 12.1. The first kappa shape index (κ1) is 17.7. The van der Waals surface area contributed by atoms with Crippen LogP contribution in [0.15, 0.2) is 78.9 Å². The first-order valence-electron chi connectivity index (χ1n) is 8.57. The van der Waals surface area contributed by atoms with Crippen LogP contribution in [0, 0.1) is 0 Å². The molecule has 0 spiro atoms. The van der Waals surface area contributed by atoms with E-state index >= 15 is 0 Å². The molecule has 0 saturated carbocycles. The molecule has 128 valence electrons. The Kier molecular flexibility index (Phi) is 6.24. The van der Waals surface area contributed by atoms with Gasteiger partial charge in [-0.15, -0.1) is 0 Å². The van der Waals surface area contributed by atoms with Crippen LogP contribution in [0.25, 0.3) is 11.1 Å². The molecule has 1 unspecified atom stereocenters. The van der Waals surface area contributed by atoms with Crippen LogP contribution in [0.1, 0.15) is 11.1 Å². The molecule has 0 fully saturated rings. The van der Waals surface area contributed by atoms with Gasteiger partial charge in [-0.3, -0.25) is 0 Å². The van der Waals surface area contributed by atoms with Crippen LogP contribution in [0.2, 0.25) is 5.02 Å². The van der Waals surface area contributed by atoms with Crippen molar-refractivity contribution in [2.75, 3.05) is 6.54 Å². The molecule has 0 bridgehead atoms.